The first kappa shape index (κ1) is 12.4. The molecule has 0 saturated heterocycles. The Balaban J connectivity index is 3.01. The average molecular weight is 321 g/mol. The van der Waals surface area contributed by atoms with Crippen molar-refractivity contribution < 1.29 is 10.0 Å². The number of aliphatic hydroxyl groups excluding tert-OH is 1. The minimum Gasteiger partial charge on any atom is -0.396 e. The highest BCUT2D eigenvalue weighted by molar-refractivity contribution is 14.1. The summed E-state index contributed by atoms with van der Waals surface area (Å²) in [6, 6.07) is 5.15. The van der Waals surface area contributed by atoms with Gasteiger partial charge in [-0.1, -0.05) is 13.0 Å². The maximum absolute atomic E-state index is 10.8. The number of nitro benzene ring substituents is 1. The van der Waals surface area contributed by atoms with Crippen LogP contribution in [-0.4, -0.2) is 16.6 Å². The highest BCUT2D eigenvalue weighted by atomic mass is 127. The Morgan fingerprint density at radius 2 is 2.27 bits per heavy atom. The van der Waals surface area contributed by atoms with E-state index in [9.17, 15) is 10.1 Å². The molecule has 1 aromatic carbocycles. The van der Waals surface area contributed by atoms with Crippen molar-refractivity contribution in [2.24, 2.45) is 5.92 Å². The van der Waals surface area contributed by atoms with Crippen LogP contribution in [0.25, 0.3) is 0 Å². The number of nitro groups is 1. The average Bonchev–Trinajstić information content (AvgIpc) is 2.20. The zero-order valence-electron chi connectivity index (χ0n) is 8.31. The van der Waals surface area contributed by atoms with Crippen molar-refractivity contribution in [3.8, 4) is 0 Å². The number of aliphatic hydroxyl groups is 1. The molecule has 15 heavy (non-hydrogen) atoms. The summed E-state index contributed by atoms with van der Waals surface area (Å²) in [7, 11) is 0. The van der Waals surface area contributed by atoms with Crippen LogP contribution in [0.1, 0.15) is 12.5 Å². The smallest absolute Gasteiger partial charge is 0.273 e. The summed E-state index contributed by atoms with van der Waals surface area (Å²) >= 11 is 2.04. The minimum atomic E-state index is -0.373. The number of hydrogen-bond donors (Lipinski definition) is 1. The highest BCUT2D eigenvalue weighted by Crippen LogP contribution is 2.23. The summed E-state index contributed by atoms with van der Waals surface area (Å²) in [5.74, 6) is 0.0451. The van der Waals surface area contributed by atoms with Crippen LogP contribution in [-0.2, 0) is 6.42 Å². The van der Waals surface area contributed by atoms with Crippen molar-refractivity contribution in [2.75, 3.05) is 6.61 Å². The van der Waals surface area contributed by atoms with E-state index in [4.69, 9.17) is 5.11 Å². The van der Waals surface area contributed by atoms with E-state index in [0.717, 1.165) is 3.57 Å². The molecular weight excluding hydrogens is 309 g/mol. The fourth-order valence-corrected chi connectivity index (χ4v) is 1.79. The topological polar surface area (TPSA) is 63.4 Å². The first-order chi connectivity index (χ1) is 7.04. The molecule has 5 heteroatoms. The molecule has 0 fully saturated rings. The normalized spacial score (nSPS) is 12.5. The molecule has 0 heterocycles. The Kier molecular flexibility index (Phi) is 4.46. The second-order valence-corrected chi connectivity index (χ2v) is 4.77. The molecule has 82 valence electrons. The summed E-state index contributed by atoms with van der Waals surface area (Å²) < 4.78 is 0.847. The van der Waals surface area contributed by atoms with Crippen molar-refractivity contribution in [1.82, 2.24) is 0 Å². The van der Waals surface area contributed by atoms with E-state index >= 15 is 0 Å². The molecule has 0 saturated carbocycles. The number of halogens is 1. The third-order valence-electron chi connectivity index (χ3n) is 2.12. The highest BCUT2D eigenvalue weighted by Gasteiger charge is 2.15. The van der Waals surface area contributed by atoms with Crippen LogP contribution in [0.4, 0.5) is 5.69 Å². The SMILES string of the molecule is C[C@H](CO)Cc1ccc(I)cc1[N+](=O)[O-]. The van der Waals surface area contributed by atoms with Crippen LogP contribution in [0.3, 0.4) is 0 Å². The van der Waals surface area contributed by atoms with Crippen molar-refractivity contribution in [2.45, 2.75) is 13.3 Å². The number of hydrogen-bond acceptors (Lipinski definition) is 3. The summed E-state index contributed by atoms with van der Waals surface area (Å²) in [5.41, 5.74) is 0.823. The minimum absolute atomic E-state index is 0.0448. The Bertz CT molecular complexity index is 368. The molecule has 1 N–H and O–H groups in total. The van der Waals surface area contributed by atoms with Crippen LogP contribution in [0, 0.1) is 19.6 Å². The number of rotatable bonds is 4. The van der Waals surface area contributed by atoms with Crippen LogP contribution in [0.2, 0.25) is 0 Å². The molecule has 4 nitrogen and oxygen atoms in total. The van der Waals surface area contributed by atoms with Gasteiger partial charge in [-0.05, 0) is 41.0 Å². The third-order valence-corrected chi connectivity index (χ3v) is 2.80. The van der Waals surface area contributed by atoms with Crippen LogP contribution in [0.15, 0.2) is 18.2 Å². The van der Waals surface area contributed by atoms with E-state index in [-0.39, 0.29) is 23.1 Å². The maximum atomic E-state index is 10.8. The van der Waals surface area contributed by atoms with Crippen molar-refractivity contribution in [1.29, 1.82) is 0 Å². The lowest BCUT2D eigenvalue weighted by Gasteiger charge is -2.08. The predicted molar refractivity (Wildman–Crippen MR) is 65.8 cm³/mol. The lowest BCUT2D eigenvalue weighted by molar-refractivity contribution is -0.385. The maximum Gasteiger partial charge on any atom is 0.273 e. The largest absolute Gasteiger partial charge is 0.396 e. The van der Waals surface area contributed by atoms with E-state index in [1.807, 2.05) is 35.6 Å². The van der Waals surface area contributed by atoms with Crippen molar-refractivity contribution in [3.05, 3.63) is 37.4 Å². The van der Waals surface area contributed by atoms with Crippen molar-refractivity contribution >= 4 is 28.3 Å². The molecule has 1 atom stereocenters. The van der Waals surface area contributed by atoms with Gasteiger partial charge >= 0.3 is 0 Å². The first-order valence-electron chi connectivity index (χ1n) is 4.58. The Hall–Kier alpha value is -0.690. The molecule has 0 unspecified atom stereocenters. The Labute approximate surface area is 102 Å². The summed E-state index contributed by atoms with van der Waals surface area (Å²) in [6.45, 7) is 1.91. The van der Waals surface area contributed by atoms with Crippen LogP contribution >= 0.6 is 22.6 Å². The third kappa shape index (κ3) is 3.42. The van der Waals surface area contributed by atoms with Gasteiger partial charge < -0.3 is 5.11 Å². The molecule has 0 aliphatic carbocycles. The zero-order valence-corrected chi connectivity index (χ0v) is 10.5. The molecule has 0 amide bonds. The zero-order chi connectivity index (χ0) is 11.4. The summed E-state index contributed by atoms with van der Waals surface area (Å²) in [6.07, 6.45) is 0.531. The molecule has 0 aromatic heterocycles. The Morgan fingerprint density at radius 1 is 1.60 bits per heavy atom. The lowest BCUT2D eigenvalue weighted by Crippen LogP contribution is -2.06. The van der Waals surface area contributed by atoms with Gasteiger partial charge in [-0.25, -0.2) is 0 Å². The van der Waals surface area contributed by atoms with Gasteiger partial charge in [0.2, 0.25) is 0 Å². The molecule has 0 bridgehead atoms. The molecular formula is C10H12INO3. The predicted octanol–water partition coefficient (Wildman–Crippen LogP) is 2.37. The van der Waals surface area contributed by atoms with Crippen LogP contribution in [0.5, 0.6) is 0 Å². The van der Waals surface area contributed by atoms with E-state index in [0.29, 0.717) is 12.0 Å². The standard InChI is InChI=1S/C10H12INO3/c1-7(6-13)4-8-2-3-9(11)5-10(8)12(14)15/h2-3,5,7,13H,4,6H2,1H3/t7-/m0/s1. The van der Waals surface area contributed by atoms with Gasteiger partial charge in [0.15, 0.2) is 0 Å². The monoisotopic (exact) mass is 321 g/mol. The van der Waals surface area contributed by atoms with Gasteiger partial charge in [-0.3, -0.25) is 10.1 Å². The second kappa shape index (κ2) is 5.41. The lowest BCUT2D eigenvalue weighted by atomic mass is 10.0. The van der Waals surface area contributed by atoms with Gasteiger partial charge in [-0.15, -0.1) is 0 Å². The van der Waals surface area contributed by atoms with E-state index < -0.39 is 0 Å². The molecule has 0 aliphatic heterocycles. The second-order valence-electron chi connectivity index (χ2n) is 3.52. The van der Waals surface area contributed by atoms with Crippen molar-refractivity contribution in [3.63, 3.8) is 0 Å². The summed E-state index contributed by atoms with van der Waals surface area (Å²) in [4.78, 5) is 10.4. The van der Waals surface area contributed by atoms with Gasteiger partial charge in [0, 0.05) is 21.8 Å². The molecule has 0 spiro atoms. The van der Waals surface area contributed by atoms with Gasteiger partial charge in [-0.2, -0.15) is 0 Å². The van der Waals surface area contributed by atoms with E-state index in [1.165, 1.54) is 0 Å². The Morgan fingerprint density at radius 3 is 2.80 bits per heavy atom. The molecule has 0 radical (unpaired) electrons. The quantitative estimate of drug-likeness (QED) is 0.526. The van der Waals surface area contributed by atoms with Gasteiger partial charge in [0.05, 0.1) is 4.92 Å². The van der Waals surface area contributed by atoms with E-state index in [1.54, 1.807) is 12.1 Å². The summed E-state index contributed by atoms with van der Waals surface area (Å²) in [5, 5.41) is 19.7. The molecule has 1 aromatic rings. The molecule has 1 rings (SSSR count). The fourth-order valence-electron chi connectivity index (χ4n) is 1.32. The van der Waals surface area contributed by atoms with Gasteiger partial charge in [0.25, 0.3) is 5.69 Å². The van der Waals surface area contributed by atoms with Gasteiger partial charge in [0.1, 0.15) is 0 Å². The molecule has 0 aliphatic rings. The first-order valence-corrected chi connectivity index (χ1v) is 5.66. The van der Waals surface area contributed by atoms with E-state index in [2.05, 4.69) is 0 Å². The van der Waals surface area contributed by atoms with Crippen LogP contribution < -0.4 is 0 Å². The number of nitrogens with zero attached hydrogens (tertiary/aromatic N) is 1. The fraction of sp³-hybridized carbons (Fsp3) is 0.400. The number of benzene rings is 1.